The van der Waals surface area contributed by atoms with E-state index in [0.717, 1.165) is 37.6 Å². The summed E-state index contributed by atoms with van der Waals surface area (Å²) in [6.45, 7) is 11.3. The second kappa shape index (κ2) is 16.3. The van der Waals surface area contributed by atoms with Crippen LogP contribution in [0.3, 0.4) is 0 Å². The molecule has 286 valence electrons. The Hall–Kier alpha value is -5.58. The zero-order valence-corrected chi connectivity index (χ0v) is 32.5. The van der Waals surface area contributed by atoms with Crippen LogP contribution in [0.1, 0.15) is 27.7 Å². The van der Waals surface area contributed by atoms with Crippen LogP contribution in [0.25, 0.3) is 68.1 Å². The number of hydrogen-bond donors (Lipinski definition) is 0. The Kier molecular flexibility index (Phi) is 11.2. The van der Waals surface area contributed by atoms with Crippen LogP contribution in [-0.4, -0.2) is 36.1 Å². The van der Waals surface area contributed by atoms with Gasteiger partial charge in [0.2, 0.25) is 11.8 Å². The van der Waals surface area contributed by atoms with Crippen molar-refractivity contribution in [1.82, 2.24) is 9.97 Å². The van der Waals surface area contributed by atoms with E-state index >= 15 is 17.6 Å². The molecule has 0 amide bonds. The summed E-state index contributed by atoms with van der Waals surface area (Å²) in [7, 11) is 0. The van der Waals surface area contributed by atoms with E-state index in [0.29, 0.717) is 22.3 Å². The van der Waals surface area contributed by atoms with Gasteiger partial charge in [0.1, 0.15) is 11.4 Å². The molecule has 2 aromatic heterocycles. The molecular formula is C44H36Cl2F4N4O2. The topological polar surface area (TPSA) is 58.5 Å². The highest BCUT2D eigenvalue weighted by molar-refractivity contribution is 6.33. The normalized spacial score (nSPS) is 11.3. The number of benzene rings is 5. The molecule has 7 aromatic rings. The highest BCUT2D eigenvalue weighted by atomic mass is 35.5. The van der Waals surface area contributed by atoms with E-state index < -0.39 is 46.2 Å². The van der Waals surface area contributed by atoms with Crippen LogP contribution in [0.15, 0.2) is 106 Å². The third kappa shape index (κ3) is 7.03. The molecule has 6 nitrogen and oxygen atoms in total. The lowest BCUT2D eigenvalue weighted by Crippen LogP contribution is -2.21. The molecule has 5 aromatic carbocycles. The fourth-order valence-electron chi connectivity index (χ4n) is 6.77. The van der Waals surface area contributed by atoms with Gasteiger partial charge in [-0.3, -0.25) is 0 Å². The highest BCUT2D eigenvalue weighted by Crippen LogP contribution is 2.46. The zero-order chi connectivity index (χ0) is 39.7. The molecule has 0 unspecified atom stereocenters. The molecule has 2 heterocycles. The number of hydrogen-bond acceptors (Lipinski definition) is 6. The number of anilines is 2. The Morgan fingerprint density at radius 1 is 0.482 bits per heavy atom. The van der Waals surface area contributed by atoms with Gasteiger partial charge in [-0.1, -0.05) is 71.7 Å². The smallest absolute Gasteiger partial charge is 0.231 e. The molecule has 0 fully saturated rings. The van der Waals surface area contributed by atoms with Gasteiger partial charge in [-0.15, -0.1) is 0 Å². The van der Waals surface area contributed by atoms with E-state index in [4.69, 9.17) is 32.0 Å². The van der Waals surface area contributed by atoms with Crippen molar-refractivity contribution in [2.45, 2.75) is 27.7 Å². The van der Waals surface area contributed by atoms with E-state index in [1.54, 1.807) is 72.8 Å². The van der Waals surface area contributed by atoms with E-state index in [-0.39, 0.29) is 33.0 Å². The van der Waals surface area contributed by atoms with Crippen LogP contribution >= 0.6 is 23.2 Å². The van der Waals surface area contributed by atoms with Gasteiger partial charge in [0.25, 0.3) is 0 Å². The fraction of sp³-hybridized carbons (Fsp3) is 0.182. The zero-order valence-electron chi connectivity index (χ0n) is 30.9. The maximum absolute atomic E-state index is 16.3. The third-order valence-corrected chi connectivity index (χ3v) is 10.4. The number of halogens is 6. The van der Waals surface area contributed by atoms with Crippen molar-refractivity contribution in [3.63, 3.8) is 0 Å². The molecule has 0 N–H and O–H groups in total. The van der Waals surface area contributed by atoms with E-state index in [1.807, 2.05) is 52.0 Å². The van der Waals surface area contributed by atoms with Crippen LogP contribution in [0.5, 0.6) is 0 Å². The predicted molar refractivity (Wildman–Crippen MR) is 216 cm³/mol. The summed E-state index contributed by atoms with van der Waals surface area (Å²) in [6.07, 6.45) is 0. The molecule has 0 saturated heterocycles. The first kappa shape index (κ1) is 38.7. The van der Waals surface area contributed by atoms with Gasteiger partial charge in [-0.25, -0.2) is 27.5 Å². The van der Waals surface area contributed by atoms with Crippen LogP contribution in [0.4, 0.5) is 28.9 Å². The van der Waals surface area contributed by atoms with Crippen LogP contribution in [0.2, 0.25) is 10.0 Å². The monoisotopic (exact) mass is 798 g/mol. The minimum absolute atomic E-state index is 0.0924. The molecule has 0 bridgehead atoms. The van der Waals surface area contributed by atoms with Gasteiger partial charge in [0.15, 0.2) is 34.8 Å². The fourth-order valence-corrected chi connectivity index (χ4v) is 7.22. The first-order chi connectivity index (χ1) is 27.1. The standard InChI is InChI=1S/C44H36Cl2F4N4O2/c1-5-53(6-2)27-21-17-25(18-22-27)39-41(29-13-9-11-15-31(29)45)55-43(51-39)33-34(36(48)38(50)37(49)35(33)47)44-52-40(42(56-44)30-14-10-12-16-32(30)46)26-19-23-28(24-20-26)54(7-3)8-4/h9-24H,5-8H2,1-4H3. The summed E-state index contributed by atoms with van der Waals surface area (Å²) in [5.41, 5.74) is 2.49. The number of oxazole rings is 2. The van der Waals surface area contributed by atoms with Gasteiger partial charge >= 0.3 is 0 Å². The van der Waals surface area contributed by atoms with E-state index in [1.165, 1.54) is 0 Å². The third-order valence-electron chi connectivity index (χ3n) is 9.72. The Balaban J connectivity index is 1.47. The van der Waals surface area contributed by atoms with Crippen LogP contribution in [0, 0.1) is 23.3 Å². The van der Waals surface area contributed by atoms with Crippen molar-refractivity contribution in [3.05, 3.63) is 130 Å². The lowest BCUT2D eigenvalue weighted by Gasteiger charge is -2.21. The van der Waals surface area contributed by atoms with Gasteiger partial charge in [0.05, 0.1) is 21.2 Å². The highest BCUT2D eigenvalue weighted by Gasteiger charge is 2.35. The minimum atomic E-state index is -2.06. The van der Waals surface area contributed by atoms with Gasteiger partial charge in [-0.05, 0) is 76.2 Å². The molecule has 7 rings (SSSR count). The van der Waals surface area contributed by atoms with Crippen molar-refractivity contribution in [3.8, 4) is 68.1 Å². The molecule has 0 aliphatic carbocycles. The Bertz CT molecular complexity index is 2340. The molecule has 0 atom stereocenters. The number of nitrogens with zero attached hydrogens (tertiary/aromatic N) is 4. The SMILES string of the molecule is CCN(CC)c1ccc(-c2nc(-c3c(F)c(F)c(F)c(F)c3-c3nc(-c4ccc(N(CC)CC)cc4)c(-c4ccccc4Cl)o3)oc2-c2ccccc2Cl)cc1. The van der Waals surface area contributed by atoms with Crippen LogP contribution < -0.4 is 9.80 Å². The molecule has 0 aliphatic rings. The first-order valence-electron chi connectivity index (χ1n) is 18.2. The Morgan fingerprint density at radius 2 is 0.821 bits per heavy atom. The molecule has 0 saturated carbocycles. The Morgan fingerprint density at radius 3 is 1.14 bits per heavy atom. The summed E-state index contributed by atoms with van der Waals surface area (Å²) in [5, 5.41) is 0.559. The molecular weight excluding hydrogens is 763 g/mol. The van der Waals surface area contributed by atoms with Crippen LogP contribution in [-0.2, 0) is 0 Å². The maximum Gasteiger partial charge on any atom is 0.231 e. The van der Waals surface area contributed by atoms with Gasteiger partial charge in [-0.2, -0.15) is 0 Å². The average molecular weight is 800 g/mol. The summed E-state index contributed by atoms with van der Waals surface area (Å²) in [6, 6.07) is 28.3. The largest absolute Gasteiger partial charge is 0.435 e. The summed E-state index contributed by atoms with van der Waals surface area (Å²) < 4.78 is 75.7. The second-order valence-corrected chi connectivity index (χ2v) is 13.6. The summed E-state index contributed by atoms with van der Waals surface area (Å²) >= 11 is 13.2. The summed E-state index contributed by atoms with van der Waals surface area (Å²) in [4.78, 5) is 13.5. The second-order valence-electron chi connectivity index (χ2n) is 12.8. The number of rotatable bonds is 12. The first-order valence-corrected chi connectivity index (χ1v) is 18.9. The summed E-state index contributed by atoms with van der Waals surface area (Å²) in [5.74, 6) is -8.56. The molecule has 56 heavy (non-hydrogen) atoms. The molecule has 12 heteroatoms. The number of aromatic nitrogens is 2. The van der Waals surface area contributed by atoms with E-state index in [9.17, 15) is 0 Å². The van der Waals surface area contributed by atoms with Crippen molar-refractivity contribution in [2.75, 3.05) is 36.0 Å². The molecule has 0 radical (unpaired) electrons. The molecule has 0 spiro atoms. The lowest BCUT2D eigenvalue weighted by molar-refractivity contribution is 0.408. The quantitative estimate of drug-likeness (QED) is 0.0697. The minimum Gasteiger partial charge on any atom is -0.435 e. The van der Waals surface area contributed by atoms with Crippen molar-refractivity contribution in [2.24, 2.45) is 0 Å². The lowest BCUT2D eigenvalue weighted by atomic mass is 10.0. The van der Waals surface area contributed by atoms with Crippen molar-refractivity contribution >= 4 is 34.6 Å². The predicted octanol–water partition coefficient (Wildman–Crippen LogP) is 13.2. The van der Waals surface area contributed by atoms with Crippen molar-refractivity contribution in [1.29, 1.82) is 0 Å². The van der Waals surface area contributed by atoms with Gasteiger partial charge in [0, 0.05) is 59.8 Å². The van der Waals surface area contributed by atoms with Crippen molar-refractivity contribution < 1.29 is 26.4 Å². The maximum atomic E-state index is 16.3. The van der Waals surface area contributed by atoms with Gasteiger partial charge < -0.3 is 18.6 Å². The Labute approximate surface area is 332 Å². The average Bonchev–Trinajstić information content (AvgIpc) is 3.86. The van der Waals surface area contributed by atoms with E-state index in [2.05, 4.69) is 19.8 Å². The molecule has 0 aliphatic heterocycles.